The van der Waals surface area contributed by atoms with Gasteiger partial charge in [-0.3, -0.25) is 9.69 Å². The van der Waals surface area contributed by atoms with Crippen LogP contribution in [-0.2, 0) is 9.53 Å². The Kier molecular flexibility index (Phi) is 4.85. The summed E-state index contributed by atoms with van der Waals surface area (Å²) in [6.07, 6.45) is 7.45. The van der Waals surface area contributed by atoms with Crippen LogP contribution in [0.5, 0.6) is 0 Å². The number of rotatable bonds is 4. The molecule has 0 aromatic heterocycles. The summed E-state index contributed by atoms with van der Waals surface area (Å²) in [5, 5.41) is 9.59. The first-order valence-corrected chi connectivity index (χ1v) is 7.69. The lowest BCUT2D eigenvalue weighted by Crippen LogP contribution is -2.60. The molecule has 3 atom stereocenters. The van der Waals surface area contributed by atoms with Crippen LogP contribution < -0.4 is 0 Å². The number of ether oxygens (including phenoxy) is 1. The Bertz CT molecular complexity index is 319. The first-order chi connectivity index (χ1) is 9.08. The maximum Gasteiger partial charge on any atom is 0.323 e. The van der Waals surface area contributed by atoms with Crippen molar-refractivity contribution in [3.8, 4) is 0 Å². The molecule has 0 saturated carbocycles. The van der Waals surface area contributed by atoms with Crippen LogP contribution in [0, 0.1) is 0 Å². The standard InChI is InChI=1S/C15H27NO3/c1-3-6-13-11-12(7-10-19-13)16-9-5-4-8-15(16,2)14(17)18/h12-13H,3-11H2,1-2H3,(H,17,18). The van der Waals surface area contributed by atoms with Gasteiger partial charge in [-0.15, -0.1) is 0 Å². The Morgan fingerprint density at radius 2 is 2.26 bits per heavy atom. The lowest BCUT2D eigenvalue weighted by molar-refractivity contribution is -0.158. The summed E-state index contributed by atoms with van der Waals surface area (Å²) in [5.74, 6) is -0.661. The quantitative estimate of drug-likeness (QED) is 0.852. The molecule has 4 heteroatoms. The second-order valence-corrected chi connectivity index (χ2v) is 6.19. The Morgan fingerprint density at radius 1 is 1.47 bits per heavy atom. The molecule has 0 spiro atoms. The van der Waals surface area contributed by atoms with Crippen LogP contribution in [0.3, 0.4) is 0 Å². The molecule has 4 nitrogen and oxygen atoms in total. The molecule has 0 aromatic carbocycles. The molecule has 2 aliphatic rings. The predicted molar refractivity (Wildman–Crippen MR) is 74.3 cm³/mol. The van der Waals surface area contributed by atoms with Crippen molar-refractivity contribution in [2.45, 2.75) is 76.5 Å². The van der Waals surface area contributed by atoms with E-state index in [0.717, 1.165) is 58.1 Å². The SMILES string of the molecule is CCCC1CC(N2CCCCC2(C)C(=O)O)CCO1. The third-order valence-electron chi connectivity index (χ3n) is 4.80. The van der Waals surface area contributed by atoms with Gasteiger partial charge in [0.1, 0.15) is 5.54 Å². The number of carboxylic acid groups (broad SMARTS) is 1. The smallest absolute Gasteiger partial charge is 0.323 e. The highest BCUT2D eigenvalue weighted by atomic mass is 16.5. The van der Waals surface area contributed by atoms with E-state index in [0.29, 0.717) is 12.1 Å². The van der Waals surface area contributed by atoms with Gasteiger partial charge < -0.3 is 9.84 Å². The van der Waals surface area contributed by atoms with Crippen LogP contribution in [0.25, 0.3) is 0 Å². The largest absolute Gasteiger partial charge is 0.480 e. The number of nitrogens with zero attached hydrogens (tertiary/aromatic N) is 1. The summed E-state index contributed by atoms with van der Waals surface area (Å²) in [4.78, 5) is 13.9. The number of likely N-dealkylation sites (tertiary alicyclic amines) is 1. The van der Waals surface area contributed by atoms with Gasteiger partial charge in [-0.1, -0.05) is 13.3 Å². The van der Waals surface area contributed by atoms with Crippen molar-refractivity contribution < 1.29 is 14.6 Å². The summed E-state index contributed by atoms with van der Waals surface area (Å²) in [6.45, 7) is 5.78. The van der Waals surface area contributed by atoms with Crippen molar-refractivity contribution >= 4 is 5.97 Å². The van der Waals surface area contributed by atoms with Gasteiger partial charge >= 0.3 is 5.97 Å². The maximum absolute atomic E-state index is 11.7. The molecule has 0 amide bonds. The fourth-order valence-corrected chi connectivity index (χ4v) is 3.62. The Balaban J connectivity index is 2.07. The van der Waals surface area contributed by atoms with Crippen molar-refractivity contribution in [1.82, 2.24) is 4.90 Å². The van der Waals surface area contributed by atoms with E-state index in [2.05, 4.69) is 11.8 Å². The van der Waals surface area contributed by atoms with E-state index in [-0.39, 0.29) is 0 Å². The van der Waals surface area contributed by atoms with E-state index in [4.69, 9.17) is 4.74 Å². The predicted octanol–water partition coefficient (Wildman–Crippen LogP) is 2.66. The van der Waals surface area contributed by atoms with Gasteiger partial charge in [0, 0.05) is 12.6 Å². The lowest BCUT2D eigenvalue weighted by Gasteiger charge is -2.48. The minimum Gasteiger partial charge on any atom is -0.480 e. The number of hydrogen-bond acceptors (Lipinski definition) is 3. The van der Waals surface area contributed by atoms with E-state index in [1.54, 1.807) is 0 Å². The Morgan fingerprint density at radius 3 is 2.95 bits per heavy atom. The van der Waals surface area contributed by atoms with Gasteiger partial charge in [-0.05, 0) is 52.0 Å². The highest BCUT2D eigenvalue weighted by molar-refractivity contribution is 5.78. The van der Waals surface area contributed by atoms with Gasteiger partial charge in [0.15, 0.2) is 0 Å². The number of aliphatic carboxylic acids is 1. The zero-order valence-electron chi connectivity index (χ0n) is 12.2. The fourth-order valence-electron chi connectivity index (χ4n) is 3.62. The summed E-state index contributed by atoms with van der Waals surface area (Å²) in [5.41, 5.74) is -0.670. The molecular weight excluding hydrogens is 242 g/mol. The Labute approximate surface area is 116 Å². The molecule has 110 valence electrons. The first kappa shape index (κ1) is 14.8. The van der Waals surface area contributed by atoms with Gasteiger partial charge in [0.2, 0.25) is 0 Å². The molecule has 19 heavy (non-hydrogen) atoms. The minimum absolute atomic E-state index is 0.323. The van der Waals surface area contributed by atoms with E-state index < -0.39 is 11.5 Å². The zero-order valence-corrected chi connectivity index (χ0v) is 12.2. The van der Waals surface area contributed by atoms with E-state index in [1.807, 2.05) is 6.92 Å². The third kappa shape index (κ3) is 3.11. The van der Waals surface area contributed by atoms with E-state index in [9.17, 15) is 9.90 Å². The molecule has 0 radical (unpaired) electrons. The molecule has 2 aliphatic heterocycles. The van der Waals surface area contributed by atoms with E-state index in [1.165, 1.54) is 0 Å². The Hall–Kier alpha value is -0.610. The topological polar surface area (TPSA) is 49.8 Å². The molecule has 0 bridgehead atoms. The van der Waals surface area contributed by atoms with Crippen molar-refractivity contribution in [2.75, 3.05) is 13.2 Å². The number of carboxylic acids is 1. The summed E-state index contributed by atoms with van der Waals surface area (Å²) < 4.78 is 5.79. The maximum atomic E-state index is 11.7. The zero-order chi connectivity index (χ0) is 13.9. The van der Waals surface area contributed by atoms with Gasteiger partial charge in [0.25, 0.3) is 0 Å². The number of hydrogen-bond donors (Lipinski definition) is 1. The van der Waals surface area contributed by atoms with Gasteiger partial charge in [-0.25, -0.2) is 0 Å². The summed E-state index contributed by atoms with van der Waals surface area (Å²) in [6, 6.07) is 0.381. The second-order valence-electron chi connectivity index (χ2n) is 6.19. The fraction of sp³-hybridized carbons (Fsp3) is 0.933. The van der Waals surface area contributed by atoms with Crippen LogP contribution in [0.1, 0.15) is 58.8 Å². The second kappa shape index (κ2) is 6.23. The molecule has 2 saturated heterocycles. The van der Waals surface area contributed by atoms with Crippen LogP contribution in [0.4, 0.5) is 0 Å². The molecule has 2 fully saturated rings. The average Bonchev–Trinajstić information content (AvgIpc) is 2.40. The number of carbonyl (C=O) groups is 1. The van der Waals surface area contributed by atoms with E-state index >= 15 is 0 Å². The first-order valence-electron chi connectivity index (χ1n) is 7.69. The lowest BCUT2D eigenvalue weighted by atomic mass is 9.84. The number of piperidine rings is 1. The van der Waals surface area contributed by atoms with Crippen molar-refractivity contribution in [1.29, 1.82) is 0 Å². The molecule has 2 rings (SSSR count). The highest BCUT2D eigenvalue weighted by Gasteiger charge is 2.45. The molecule has 3 unspecified atom stereocenters. The average molecular weight is 269 g/mol. The molecule has 0 aliphatic carbocycles. The van der Waals surface area contributed by atoms with Gasteiger partial charge in [-0.2, -0.15) is 0 Å². The van der Waals surface area contributed by atoms with Crippen LogP contribution in [0.15, 0.2) is 0 Å². The van der Waals surface area contributed by atoms with Crippen molar-refractivity contribution in [2.24, 2.45) is 0 Å². The van der Waals surface area contributed by atoms with Crippen LogP contribution in [0.2, 0.25) is 0 Å². The third-order valence-corrected chi connectivity index (χ3v) is 4.80. The minimum atomic E-state index is -0.670. The highest BCUT2D eigenvalue weighted by Crippen LogP contribution is 2.34. The van der Waals surface area contributed by atoms with Gasteiger partial charge in [0.05, 0.1) is 6.10 Å². The monoisotopic (exact) mass is 269 g/mol. The van der Waals surface area contributed by atoms with Crippen LogP contribution >= 0.6 is 0 Å². The summed E-state index contributed by atoms with van der Waals surface area (Å²) >= 11 is 0. The molecule has 1 N–H and O–H groups in total. The van der Waals surface area contributed by atoms with Crippen LogP contribution in [-0.4, -0.2) is 46.8 Å². The summed E-state index contributed by atoms with van der Waals surface area (Å²) in [7, 11) is 0. The molecular formula is C15H27NO3. The molecule has 2 heterocycles. The molecule has 0 aromatic rings. The normalized spacial score (nSPS) is 37.2. The van der Waals surface area contributed by atoms with Crippen molar-refractivity contribution in [3.05, 3.63) is 0 Å². The van der Waals surface area contributed by atoms with Crippen molar-refractivity contribution in [3.63, 3.8) is 0 Å².